The van der Waals surface area contributed by atoms with E-state index < -0.39 is 5.63 Å². The van der Waals surface area contributed by atoms with Crippen LogP contribution in [0.3, 0.4) is 0 Å². The van der Waals surface area contributed by atoms with Crippen LogP contribution < -0.4 is 15.5 Å². The van der Waals surface area contributed by atoms with Crippen LogP contribution in [-0.4, -0.2) is 23.9 Å². The van der Waals surface area contributed by atoms with Gasteiger partial charge in [0.05, 0.1) is 17.4 Å². The van der Waals surface area contributed by atoms with Crippen molar-refractivity contribution in [3.8, 4) is 5.75 Å². The third-order valence-electron chi connectivity index (χ3n) is 5.68. The molecule has 1 atom stereocenters. The van der Waals surface area contributed by atoms with E-state index in [9.17, 15) is 9.90 Å². The van der Waals surface area contributed by atoms with Crippen LogP contribution in [0.2, 0.25) is 0 Å². The molecular weight excluding hydrogens is 390 g/mol. The topological polar surface area (TPSA) is 69.3 Å². The maximum absolute atomic E-state index is 12.5. The number of hydrogen-bond acceptors (Lipinski definition) is 6. The summed E-state index contributed by atoms with van der Waals surface area (Å²) in [7, 11) is 0. The molecule has 0 radical (unpaired) electrons. The Morgan fingerprint density at radius 3 is 2.39 bits per heavy atom. The van der Waals surface area contributed by atoms with Gasteiger partial charge in [0.1, 0.15) is 17.1 Å². The molecule has 2 aromatic carbocycles. The highest BCUT2D eigenvalue weighted by atomic mass is 16.4. The summed E-state index contributed by atoms with van der Waals surface area (Å²) in [5.74, 6) is 0.270. The van der Waals surface area contributed by atoms with Gasteiger partial charge in [-0.25, -0.2) is 4.79 Å². The summed E-state index contributed by atoms with van der Waals surface area (Å²) in [5, 5.41) is 17.1. The van der Waals surface area contributed by atoms with Crippen molar-refractivity contribution < 1.29 is 9.52 Å². The van der Waals surface area contributed by atoms with E-state index in [1.54, 1.807) is 6.92 Å². The molecule has 6 nitrogen and oxygen atoms in total. The van der Waals surface area contributed by atoms with Crippen molar-refractivity contribution in [3.63, 3.8) is 0 Å². The van der Waals surface area contributed by atoms with Gasteiger partial charge >= 0.3 is 5.63 Å². The average Bonchev–Trinajstić information content (AvgIpc) is 3.20. The van der Waals surface area contributed by atoms with Gasteiger partial charge in [0, 0.05) is 31.3 Å². The molecule has 0 amide bonds. The number of nitrogens with zero attached hydrogens (tertiary/aromatic N) is 3. The fourth-order valence-electron chi connectivity index (χ4n) is 4.10. The lowest BCUT2D eigenvalue weighted by atomic mass is 9.98. The van der Waals surface area contributed by atoms with Crippen molar-refractivity contribution in [2.75, 3.05) is 23.0 Å². The highest BCUT2D eigenvalue weighted by Crippen LogP contribution is 2.37. The van der Waals surface area contributed by atoms with Gasteiger partial charge in [-0.1, -0.05) is 30.3 Å². The highest BCUT2D eigenvalue weighted by Gasteiger charge is 2.32. The molecule has 0 spiro atoms. The minimum absolute atomic E-state index is 0.0942. The van der Waals surface area contributed by atoms with Crippen molar-refractivity contribution in [1.29, 1.82) is 0 Å². The quantitative estimate of drug-likeness (QED) is 0.621. The summed E-state index contributed by atoms with van der Waals surface area (Å²) in [4.78, 5) is 14.8. The summed E-state index contributed by atoms with van der Waals surface area (Å²) in [6.45, 7) is 7.82. The molecule has 4 rings (SSSR count). The normalized spacial score (nSPS) is 15.8. The fourth-order valence-corrected chi connectivity index (χ4v) is 4.10. The molecule has 0 saturated heterocycles. The second kappa shape index (κ2) is 8.68. The van der Waals surface area contributed by atoms with Crippen LogP contribution in [0.15, 0.2) is 75.0 Å². The van der Waals surface area contributed by atoms with E-state index in [-0.39, 0.29) is 17.4 Å². The van der Waals surface area contributed by atoms with Crippen LogP contribution in [0.1, 0.15) is 43.2 Å². The molecule has 1 aliphatic heterocycles. The lowest BCUT2D eigenvalue weighted by molar-refractivity contribution is 0.432. The number of hydrazone groups is 1. The summed E-state index contributed by atoms with van der Waals surface area (Å²) >= 11 is 0. The predicted molar refractivity (Wildman–Crippen MR) is 124 cm³/mol. The van der Waals surface area contributed by atoms with E-state index in [0.29, 0.717) is 17.9 Å². The molecule has 0 bridgehead atoms. The summed E-state index contributed by atoms with van der Waals surface area (Å²) in [6.07, 6.45) is 0.487. The maximum Gasteiger partial charge on any atom is 0.348 e. The van der Waals surface area contributed by atoms with E-state index >= 15 is 0 Å². The lowest BCUT2D eigenvalue weighted by Gasteiger charge is -2.25. The van der Waals surface area contributed by atoms with E-state index in [4.69, 9.17) is 9.52 Å². The monoisotopic (exact) mass is 417 g/mol. The SMILES string of the molecule is CCN(CC)c1ccc([C@@H]2CC(c3c(O)cc(C)oc3=O)=NN2c2ccccc2)cc1. The van der Waals surface area contributed by atoms with Crippen LogP contribution in [0, 0.1) is 6.92 Å². The zero-order chi connectivity index (χ0) is 22.0. The minimum atomic E-state index is -0.568. The fraction of sp³-hybridized carbons (Fsp3) is 0.280. The first kappa shape index (κ1) is 20.7. The van der Waals surface area contributed by atoms with Crippen molar-refractivity contribution in [2.45, 2.75) is 33.2 Å². The second-order valence-electron chi connectivity index (χ2n) is 7.62. The molecule has 0 unspecified atom stereocenters. The molecule has 1 aromatic heterocycles. The number of benzene rings is 2. The Morgan fingerprint density at radius 1 is 1.10 bits per heavy atom. The van der Waals surface area contributed by atoms with Crippen LogP contribution >= 0.6 is 0 Å². The molecular formula is C25H27N3O3. The zero-order valence-corrected chi connectivity index (χ0v) is 18.1. The van der Waals surface area contributed by atoms with Gasteiger partial charge in [-0.05, 0) is 50.6 Å². The van der Waals surface area contributed by atoms with Crippen LogP contribution in [-0.2, 0) is 0 Å². The molecule has 6 heteroatoms. The summed E-state index contributed by atoms with van der Waals surface area (Å²) < 4.78 is 5.23. The maximum atomic E-state index is 12.5. The molecule has 0 fully saturated rings. The Hall–Kier alpha value is -3.54. The smallest absolute Gasteiger partial charge is 0.348 e. The van der Waals surface area contributed by atoms with Gasteiger partial charge in [-0.2, -0.15) is 5.10 Å². The van der Waals surface area contributed by atoms with Crippen molar-refractivity contribution in [1.82, 2.24) is 0 Å². The Bertz CT molecular complexity index is 1130. The first-order valence-electron chi connectivity index (χ1n) is 10.6. The van der Waals surface area contributed by atoms with E-state index in [1.165, 1.54) is 11.8 Å². The number of aromatic hydroxyl groups is 1. The van der Waals surface area contributed by atoms with E-state index in [1.807, 2.05) is 35.3 Å². The Balaban J connectivity index is 1.74. The Kier molecular flexibility index (Phi) is 5.80. The first-order chi connectivity index (χ1) is 15.0. The Morgan fingerprint density at radius 2 is 1.77 bits per heavy atom. The van der Waals surface area contributed by atoms with Gasteiger partial charge in [0.15, 0.2) is 0 Å². The summed E-state index contributed by atoms with van der Waals surface area (Å²) in [5.41, 5.74) is 3.28. The van der Waals surface area contributed by atoms with Crippen molar-refractivity contribution in [2.24, 2.45) is 5.10 Å². The van der Waals surface area contributed by atoms with Crippen LogP contribution in [0.5, 0.6) is 5.75 Å². The second-order valence-corrected chi connectivity index (χ2v) is 7.62. The van der Waals surface area contributed by atoms with Crippen molar-refractivity contribution in [3.05, 3.63) is 88.0 Å². The Labute approximate surface area is 182 Å². The predicted octanol–water partition coefficient (Wildman–Crippen LogP) is 4.86. The number of para-hydroxylation sites is 1. The molecule has 2 heterocycles. The highest BCUT2D eigenvalue weighted by molar-refractivity contribution is 6.04. The number of rotatable bonds is 6. The average molecular weight is 418 g/mol. The van der Waals surface area contributed by atoms with Gasteiger partial charge in [-0.3, -0.25) is 5.01 Å². The number of hydrogen-bond donors (Lipinski definition) is 1. The largest absolute Gasteiger partial charge is 0.507 e. The van der Waals surface area contributed by atoms with Crippen LogP contribution in [0.4, 0.5) is 11.4 Å². The summed E-state index contributed by atoms with van der Waals surface area (Å²) in [6, 6.07) is 19.7. The van der Waals surface area contributed by atoms with Gasteiger partial charge in [-0.15, -0.1) is 0 Å². The van der Waals surface area contributed by atoms with Crippen LogP contribution in [0.25, 0.3) is 0 Å². The molecule has 31 heavy (non-hydrogen) atoms. The van der Waals surface area contributed by atoms with E-state index in [0.717, 1.165) is 24.3 Å². The minimum Gasteiger partial charge on any atom is -0.507 e. The molecule has 160 valence electrons. The lowest BCUT2D eigenvalue weighted by Crippen LogP contribution is -2.22. The number of aryl methyl sites for hydroxylation is 1. The molecule has 3 aromatic rings. The third-order valence-corrected chi connectivity index (χ3v) is 5.68. The number of anilines is 2. The molecule has 0 saturated carbocycles. The zero-order valence-electron chi connectivity index (χ0n) is 18.1. The first-order valence-corrected chi connectivity index (χ1v) is 10.6. The molecule has 0 aliphatic carbocycles. The van der Waals surface area contributed by atoms with E-state index in [2.05, 4.69) is 43.0 Å². The third kappa shape index (κ3) is 4.06. The standard InChI is InChI=1S/C25H27N3O3/c1-4-27(5-2)19-13-11-18(12-14-19)22-16-21(24-23(29)15-17(3)31-25(24)30)26-28(22)20-9-7-6-8-10-20/h6-15,22,29H,4-5,16H2,1-3H3/t22-/m0/s1. The molecule has 1 aliphatic rings. The van der Waals surface area contributed by atoms with Gasteiger partial charge in [0.25, 0.3) is 0 Å². The molecule has 1 N–H and O–H groups in total. The van der Waals surface area contributed by atoms with Gasteiger partial charge < -0.3 is 14.4 Å². The van der Waals surface area contributed by atoms with Crippen molar-refractivity contribution >= 4 is 17.1 Å². The van der Waals surface area contributed by atoms with Gasteiger partial charge in [0.2, 0.25) is 0 Å².